The van der Waals surface area contributed by atoms with E-state index in [9.17, 15) is 4.79 Å². The first-order chi connectivity index (χ1) is 8.54. The van der Waals surface area contributed by atoms with Crippen molar-refractivity contribution < 1.29 is 4.79 Å². The second kappa shape index (κ2) is 7.07. The van der Waals surface area contributed by atoms with Gasteiger partial charge in [-0.15, -0.1) is 11.8 Å². The number of hydrogen-bond donors (Lipinski definition) is 0. The van der Waals surface area contributed by atoms with Crippen LogP contribution >= 0.6 is 11.8 Å². The van der Waals surface area contributed by atoms with Gasteiger partial charge in [-0.1, -0.05) is 0 Å². The second-order valence-corrected chi connectivity index (χ2v) is 5.18. The molecule has 0 spiro atoms. The molecule has 0 bridgehead atoms. The molecular formula is C12H18N4OS. The average Bonchev–Trinajstić information content (AvgIpc) is 2.64. The summed E-state index contributed by atoms with van der Waals surface area (Å²) in [6, 6.07) is 4.04. The summed E-state index contributed by atoms with van der Waals surface area (Å²) in [7, 11) is 3.63. The molecule has 1 aromatic heterocycles. The second-order valence-electron chi connectivity index (χ2n) is 4.07. The third-order valence-electron chi connectivity index (χ3n) is 2.51. The molecule has 1 aromatic rings. The van der Waals surface area contributed by atoms with Crippen molar-refractivity contribution in [1.82, 2.24) is 14.7 Å². The van der Waals surface area contributed by atoms with Gasteiger partial charge in [0, 0.05) is 32.8 Å². The van der Waals surface area contributed by atoms with E-state index < -0.39 is 0 Å². The first-order valence-corrected chi connectivity index (χ1v) is 6.77. The highest BCUT2D eigenvalue weighted by molar-refractivity contribution is 7.99. The number of amides is 1. The maximum Gasteiger partial charge on any atom is 0.223 e. The lowest BCUT2D eigenvalue weighted by atomic mass is 10.3. The van der Waals surface area contributed by atoms with Crippen LogP contribution in [0.3, 0.4) is 0 Å². The van der Waals surface area contributed by atoms with Crippen LogP contribution in [0, 0.1) is 18.3 Å². The molecule has 0 atom stereocenters. The summed E-state index contributed by atoms with van der Waals surface area (Å²) in [5, 5.41) is 13.8. The summed E-state index contributed by atoms with van der Waals surface area (Å²) in [6.45, 7) is 2.45. The van der Waals surface area contributed by atoms with Gasteiger partial charge in [-0.25, -0.2) is 0 Å². The quantitative estimate of drug-likeness (QED) is 0.733. The van der Waals surface area contributed by atoms with E-state index in [4.69, 9.17) is 5.26 Å². The molecule has 1 rings (SSSR count). The topological polar surface area (TPSA) is 61.9 Å². The van der Waals surface area contributed by atoms with Crippen LogP contribution in [0.1, 0.15) is 18.5 Å². The molecule has 0 radical (unpaired) electrons. The molecule has 0 saturated carbocycles. The van der Waals surface area contributed by atoms with Crippen LogP contribution in [0.5, 0.6) is 0 Å². The molecule has 0 fully saturated rings. The lowest BCUT2D eigenvalue weighted by Gasteiger charge is -2.14. The molecule has 0 aliphatic carbocycles. The maximum atomic E-state index is 11.7. The lowest BCUT2D eigenvalue weighted by Crippen LogP contribution is -2.27. The fraction of sp³-hybridized carbons (Fsp3) is 0.583. The molecule has 0 aromatic carbocycles. The number of nitriles is 1. The first kappa shape index (κ1) is 14.6. The Morgan fingerprint density at radius 1 is 1.67 bits per heavy atom. The van der Waals surface area contributed by atoms with Gasteiger partial charge in [0.15, 0.2) is 0 Å². The molecule has 1 heterocycles. The van der Waals surface area contributed by atoms with Gasteiger partial charge >= 0.3 is 0 Å². The third-order valence-corrected chi connectivity index (χ3v) is 3.60. The van der Waals surface area contributed by atoms with Gasteiger partial charge in [0.2, 0.25) is 5.91 Å². The van der Waals surface area contributed by atoms with Gasteiger partial charge in [0.1, 0.15) is 0 Å². The van der Waals surface area contributed by atoms with Crippen molar-refractivity contribution in [3.8, 4) is 6.07 Å². The number of hydrogen-bond acceptors (Lipinski definition) is 4. The van der Waals surface area contributed by atoms with Crippen LogP contribution in [0.15, 0.2) is 11.1 Å². The average molecular weight is 266 g/mol. The molecule has 0 aliphatic heterocycles. The molecule has 0 saturated heterocycles. The Morgan fingerprint density at radius 2 is 2.39 bits per heavy atom. The van der Waals surface area contributed by atoms with E-state index >= 15 is 0 Å². The van der Waals surface area contributed by atoms with E-state index in [1.165, 1.54) is 0 Å². The Morgan fingerprint density at radius 3 is 2.94 bits per heavy atom. The molecule has 6 heteroatoms. The lowest BCUT2D eigenvalue weighted by molar-refractivity contribution is -0.129. The number of aryl methyl sites for hydroxylation is 2. The van der Waals surface area contributed by atoms with Crippen molar-refractivity contribution in [2.45, 2.75) is 24.8 Å². The number of rotatable bonds is 6. The zero-order chi connectivity index (χ0) is 13.5. The highest BCUT2D eigenvalue weighted by atomic mass is 32.2. The van der Waals surface area contributed by atoms with Crippen LogP contribution in [0.2, 0.25) is 0 Å². The highest BCUT2D eigenvalue weighted by Gasteiger charge is 2.09. The number of aromatic nitrogens is 2. The minimum absolute atomic E-state index is 0.0802. The van der Waals surface area contributed by atoms with E-state index in [2.05, 4.69) is 5.10 Å². The highest BCUT2D eigenvalue weighted by Crippen LogP contribution is 2.19. The largest absolute Gasteiger partial charge is 0.345 e. The molecule has 1 amide bonds. The van der Waals surface area contributed by atoms with E-state index in [1.54, 1.807) is 23.7 Å². The van der Waals surface area contributed by atoms with Gasteiger partial charge in [0.05, 0.1) is 23.2 Å². The maximum absolute atomic E-state index is 11.7. The molecule has 0 N–H and O–H groups in total. The minimum Gasteiger partial charge on any atom is -0.345 e. The van der Waals surface area contributed by atoms with Crippen LogP contribution in [0.4, 0.5) is 0 Å². The summed E-state index contributed by atoms with van der Waals surface area (Å²) in [5.41, 5.74) is 0.984. The van der Waals surface area contributed by atoms with Gasteiger partial charge in [-0.2, -0.15) is 10.4 Å². The van der Waals surface area contributed by atoms with E-state index in [0.29, 0.717) is 19.4 Å². The van der Waals surface area contributed by atoms with Gasteiger partial charge in [-0.3, -0.25) is 9.48 Å². The standard InChI is InChI=1S/C12H18N4OS/c1-10-9-12(16(3)14-10)18-8-5-11(17)15(2)7-4-6-13/h9H,4-5,7-8H2,1-3H3. The smallest absolute Gasteiger partial charge is 0.223 e. The Kier molecular flexibility index (Phi) is 5.72. The van der Waals surface area contributed by atoms with Crippen molar-refractivity contribution in [1.29, 1.82) is 5.26 Å². The number of carbonyl (C=O) groups is 1. The fourth-order valence-electron chi connectivity index (χ4n) is 1.50. The fourth-order valence-corrected chi connectivity index (χ4v) is 2.47. The Labute approximate surface area is 112 Å². The molecule has 18 heavy (non-hydrogen) atoms. The number of carbonyl (C=O) groups excluding carboxylic acids is 1. The van der Waals surface area contributed by atoms with Crippen molar-refractivity contribution in [3.63, 3.8) is 0 Å². The van der Waals surface area contributed by atoms with Crippen molar-refractivity contribution >= 4 is 17.7 Å². The monoisotopic (exact) mass is 266 g/mol. The Hall–Kier alpha value is -1.48. The van der Waals surface area contributed by atoms with Crippen molar-refractivity contribution in [2.75, 3.05) is 19.3 Å². The summed E-state index contributed by atoms with van der Waals surface area (Å²) in [5.74, 6) is 0.811. The van der Waals surface area contributed by atoms with E-state index in [0.717, 1.165) is 16.5 Å². The zero-order valence-corrected chi connectivity index (χ0v) is 11.8. The summed E-state index contributed by atoms with van der Waals surface area (Å²) < 4.78 is 1.82. The van der Waals surface area contributed by atoms with Gasteiger partial charge in [0.25, 0.3) is 0 Å². The van der Waals surface area contributed by atoms with Crippen LogP contribution in [0.25, 0.3) is 0 Å². The third kappa shape index (κ3) is 4.41. The number of nitrogens with zero attached hydrogens (tertiary/aromatic N) is 4. The number of thioether (sulfide) groups is 1. The SMILES string of the molecule is Cc1cc(SCCC(=O)N(C)CCC#N)n(C)n1. The molecule has 5 nitrogen and oxygen atoms in total. The van der Waals surface area contributed by atoms with Crippen molar-refractivity contribution in [3.05, 3.63) is 11.8 Å². The summed E-state index contributed by atoms with van der Waals surface area (Å²) in [6.07, 6.45) is 0.868. The molecule has 0 unspecified atom stereocenters. The molecular weight excluding hydrogens is 248 g/mol. The van der Waals surface area contributed by atoms with Crippen LogP contribution < -0.4 is 0 Å². The first-order valence-electron chi connectivity index (χ1n) is 5.79. The zero-order valence-electron chi connectivity index (χ0n) is 11.0. The molecule has 0 aliphatic rings. The van der Waals surface area contributed by atoms with Crippen LogP contribution in [-0.2, 0) is 11.8 Å². The van der Waals surface area contributed by atoms with E-state index in [1.807, 2.05) is 30.8 Å². The Bertz CT molecular complexity index is 449. The van der Waals surface area contributed by atoms with Crippen molar-refractivity contribution in [2.24, 2.45) is 7.05 Å². The predicted molar refractivity (Wildman–Crippen MR) is 71.2 cm³/mol. The normalized spacial score (nSPS) is 10.1. The van der Waals surface area contributed by atoms with Gasteiger partial charge < -0.3 is 4.90 Å². The van der Waals surface area contributed by atoms with Crippen LogP contribution in [-0.4, -0.2) is 39.9 Å². The summed E-state index contributed by atoms with van der Waals surface area (Å²) >= 11 is 1.63. The summed E-state index contributed by atoms with van der Waals surface area (Å²) in [4.78, 5) is 13.3. The Balaban J connectivity index is 2.31. The van der Waals surface area contributed by atoms with E-state index in [-0.39, 0.29) is 5.91 Å². The van der Waals surface area contributed by atoms with Gasteiger partial charge in [-0.05, 0) is 13.0 Å². The minimum atomic E-state index is 0.0802. The molecule has 98 valence electrons. The predicted octanol–water partition coefficient (Wildman–Crippen LogP) is 1.58.